The number of nitro groups is 1. The minimum atomic E-state index is -0.656. The molecule has 2 rings (SSSR count). The fourth-order valence-corrected chi connectivity index (χ4v) is 1.98. The number of amides is 1. The van der Waals surface area contributed by atoms with Gasteiger partial charge in [-0.05, 0) is 11.6 Å². The molecule has 1 unspecified atom stereocenters. The van der Waals surface area contributed by atoms with E-state index in [0.717, 1.165) is 5.56 Å². The molecule has 7 nitrogen and oxygen atoms in total. The monoisotopic (exact) mass is 265 g/mol. The molecule has 0 spiro atoms. The third-order valence-corrected chi connectivity index (χ3v) is 3.10. The van der Waals surface area contributed by atoms with Gasteiger partial charge in [-0.1, -0.05) is 6.07 Å². The molecular weight excluding hydrogens is 250 g/mol. The van der Waals surface area contributed by atoms with Crippen LogP contribution in [0.4, 0.5) is 5.69 Å². The van der Waals surface area contributed by atoms with Gasteiger partial charge < -0.3 is 15.4 Å². The van der Waals surface area contributed by atoms with Gasteiger partial charge in [0.15, 0.2) is 11.9 Å². The van der Waals surface area contributed by atoms with Crippen molar-refractivity contribution >= 4 is 11.6 Å². The second-order valence-electron chi connectivity index (χ2n) is 4.42. The molecule has 19 heavy (non-hydrogen) atoms. The number of rotatable bonds is 4. The summed E-state index contributed by atoms with van der Waals surface area (Å²) < 4.78 is 5.50. The summed E-state index contributed by atoms with van der Waals surface area (Å²) in [6, 6.07) is 4.44. The van der Waals surface area contributed by atoms with Crippen LogP contribution in [0.2, 0.25) is 0 Å². The second-order valence-corrected chi connectivity index (χ2v) is 4.42. The Morgan fingerprint density at radius 2 is 2.32 bits per heavy atom. The first-order valence-corrected chi connectivity index (χ1v) is 5.92. The number of hydrogen-bond donors (Lipinski definition) is 1. The molecule has 0 aliphatic carbocycles. The van der Waals surface area contributed by atoms with Gasteiger partial charge in [-0.3, -0.25) is 14.9 Å². The molecular formula is C12H15N3O4. The number of nitrogens with zero attached hydrogens (tertiary/aromatic N) is 2. The number of likely N-dealkylation sites (tertiary alicyclic amines) is 1. The van der Waals surface area contributed by atoms with E-state index in [2.05, 4.69) is 0 Å². The molecule has 1 fully saturated rings. The fraction of sp³-hybridized carbons (Fsp3) is 0.417. The molecule has 1 aromatic carbocycles. The van der Waals surface area contributed by atoms with E-state index in [1.807, 2.05) is 0 Å². The summed E-state index contributed by atoms with van der Waals surface area (Å²) >= 11 is 0. The van der Waals surface area contributed by atoms with E-state index in [4.69, 9.17) is 10.5 Å². The van der Waals surface area contributed by atoms with Crippen LogP contribution < -0.4 is 10.5 Å². The van der Waals surface area contributed by atoms with Crippen LogP contribution in [0, 0.1) is 10.1 Å². The molecule has 1 saturated heterocycles. The standard InChI is InChI=1S/C12H15N3O4/c1-14-5-4-10(12(14)16)19-11-6-8(7-13)2-3-9(11)15(17)18/h2-3,6,10H,4-5,7,13H2,1H3. The average Bonchev–Trinajstić information content (AvgIpc) is 2.70. The van der Waals surface area contributed by atoms with Crippen LogP contribution in [0.5, 0.6) is 5.75 Å². The van der Waals surface area contributed by atoms with Gasteiger partial charge in [-0.2, -0.15) is 0 Å². The molecule has 0 aromatic heterocycles. The fourth-order valence-electron chi connectivity index (χ4n) is 1.98. The second kappa shape index (κ2) is 5.23. The Balaban J connectivity index is 2.27. The molecule has 1 atom stereocenters. The highest BCUT2D eigenvalue weighted by molar-refractivity contribution is 5.83. The van der Waals surface area contributed by atoms with Crippen LogP contribution in [0.25, 0.3) is 0 Å². The van der Waals surface area contributed by atoms with Crippen molar-refractivity contribution in [2.24, 2.45) is 5.73 Å². The van der Waals surface area contributed by atoms with Crippen molar-refractivity contribution in [2.45, 2.75) is 19.1 Å². The van der Waals surface area contributed by atoms with Gasteiger partial charge in [0.2, 0.25) is 0 Å². The lowest BCUT2D eigenvalue weighted by atomic mass is 10.2. The highest BCUT2D eigenvalue weighted by Gasteiger charge is 2.32. The number of carbonyl (C=O) groups excluding carboxylic acids is 1. The zero-order chi connectivity index (χ0) is 14.0. The van der Waals surface area contributed by atoms with Crippen molar-refractivity contribution in [3.63, 3.8) is 0 Å². The summed E-state index contributed by atoms with van der Waals surface area (Å²) in [5.74, 6) is -0.0611. The summed E-state index contributed by atoms with van der Waals surface area (Å²) in [7, 11) is 1.68. The molecule has 0 saturated carbocycles. The molecule has 1 aromatic rings. The number of ether oxygens (including phenoxy) is 1. The van der Waals surface area contributed by atoms with E-state index < -0.39 is 11.0 Å². The van der Waals surface area contributed by atoms with Gasteiger partial charge in [0, 0.05) is 32.6 Å². The maximum Gasteiger partial charge on any atom is 0.310 e. The van der Waals surface area contributed by atoms with Gasteiger partial charge in [0.1, 0.15) is 0 Å². The molecule has 1 aliphatic rings. The number of hydrogen-bond acceptors (Lipinski definition) is 5. The van der Waals surface area contributed by atoms with E-state index in [9.17, 15) is 14.9 Å². The molecule has 2 N–H and O–H groups in total. The Hall–Kier alpha value is -2.15. The highest BCUT2D eigenvalue weighted by Crippen LogP contribution is 2.30. The Morgan fingerprint density at radius 1 is 1.58 bits per heavy atom. The maximum absolute atomic E-state index is 11.8. The lowest BCUT2D eigenvalue weighted by Gasteiger charge is -2.13. The molecule has 7 heteroatoms. The Kier molecular flexibility index (Phi) is 3.66. The van der Waals surface area contributed by atoms with E-state index in [1.54, 1.807) is 18.0 Å². The Morgan fingerprint density at radius 3 is 2.84 bits per heavy atom. The summed E-state index contributed by atoms with van der Waals surface area (Å²) in [4.78, 5) is 23.7. The number of likely N-dealkylation sites (N-methyl/N-ethyl adjacent to an activating group) is 1. The van der Waals surface area contributed by atoms with E-state index in [-0.39, 0.29) is 23.9 Å². The van der Waals surface area contributed by atoms with Crippen LogP contribution in [-0.4, -0.2) is 35.4 Å². The zero-order valence-corrected chi connectivity index (χ0v) is 10.5. The number of carbonyl (C=O) groups is 1. The van der Waals surface area contributed by atoms with Crippen molar-refractivity contribution in [3.05, 3.63) is 33.9 Å². The van der Waals surface area contributed by atoms with Crippen LogP contribution in [-0.2, 0) is 11.3 Å². The van der Waals surface area contributed by atoms with Crippen molar-refractivity contribution in [1.82, 2.24) is 4.90 Å². The van der Waals surface area contributed by atoms with Crippen LogP contribution in [0.15, 0.2) is 18.2 Å². The van der Waals surface area contributed by atoms with Gasteiger partial charge in [0.25, 0.3) is 5.91 Å². The van der Waals surface area contributed by atoms with Crippen LogP contribution in [0.3, 0.4) is 0 Å². The highest BCUT2D eigenvalue weighted by atomic mass is 16.6. The summed E-state index contributed by atoms with van der Waals surface area (Å²) in [5, 5.41) is 10.9. The van der Waals surface area contributed by atoms with Gasteiger partial charge >= 0.3 is 5.69 Å². The van der Waals surface area contributed by atoms with Crippen molar-refractivity contribution in [2.75, 3.05) is 13.6 Å². The third-order valence-electron chi connectivity index (χ3n) is 3.10. The molecule has 1 aliphatic heterocycles. The average molecular weight is 265 g/mol. The van der Waals surface area contributed by atoms with Crippen molar-refractivity contribution in [1.29, 1.82) is 0 Å². The van der Waals surface area contributed by atoms with Gasteiger partial charge in [-0.15, -0.1) is 0 Å². The zero-order valence-electron chi connectivity index (χ0n) is 10.5. The molecule has 1 heterocycles. The quantitative estimate of drug-likeness (QED) is 0.637. The molecule has 0 bridgehead atoms. The first-order valence-electron chi connectivity index (χ1n) is 5.92. The number of nitrogens with two attached hydrogens (primary N) is 1. The normalized spacial score (nSPS) is 18.7. The maximum atomic E-state index is 11.8. The topological polar surface area (TPSA) is 98.7 Å². The van der Waals surface area contributed by atoms with Gasteiger partial charge in [-0.25, -0.2) is 0 Å². The van der Waals surface area contributed by atoms with Crippen molar-refractivity contribution in [3.8, 4) is 5.75 Å². The predicted octanol–water partition coefficient (Wildman–Crippen LogP) is 0.663. The van der Waals surface area contributed by atoms with Crippen LogP contribution >= 0.6 is 0 Å². The molecule has 0 radical (unpaired) electrons. The predicted molar refractivity (Wildman–Crippen MR) is 67.7 cm³/mol. The Labute approximate surface area is 110 Å². The van der Waals surface area contributed by atoms with E-state index in [1.165, 1.54) is 12.1 Å². The first kappa shape index (κ1) is 13.3. The minimum Gasteiger partial charge on any atom is -0.473 e. The number of nitro benzene ring substituents is 1. The summed E-state index contributed by atoms with van der Waals surface area (Å²) in [6.45, 7) is 0.848. The van der Waals surface area contributed by atoms with Crippen molar-refractivity contribution < 1.29 is 14.5 Å². The van der Waals surface area contributed by atoms with E-state index >= 15 is 0 Å². The third kappa shape index (κ3) is 2.65. The lowest BCUT2D eigenvalue weighted by Crippen LogP contribution is -2.29. The van der Waals surface area contributed by atoms with E-state index in [0.29, 0.717) is 13.0 Å². The summed E-state index contributed by atoms with van der Waals surface area (Å²) in [5.41, 5.74) is 6.07. The first-order chi connectivity index (χ1) is 9.02. The number of benzene rings is 1. The van der Waals surface area contributed by atoms with Crippen LogP contribution in [0.1, 0.15) is 12.0 Å². The largest absolute Gasteiger partial charge is 0.473 e. The van der Waals surface area contributed by atoms with Gasteiger partial charge in [0.05, 0.1) is 4.92 Å². The molecule has 1 amide bonds. The molecule has 102 valence electrons. The smallest absolute Gasteiger partial charge is 0.310 e. The SMILES string of the molecule is CN1CCC(Oc2cc(CN)ccc2[N+](=O)[O-])C1=O. The lowest BCUT2D eigenvalue weighted by molar-refractivity contribution is -0.386. The Bertz CT molecular complexity index is 518. The summed E-state index contributed by atoms with van der Waals surface area (Å²) in [6.07, 6.45) is -0.129. The minimum absolute atomic E-state index is 0.0987.